The van der Waals surface area contributed by atoms with E-state index in [4.69, 9.17) is 11.1 Å². The average molecular weight is 483 g/mol. The van der Waals surface area contributed by atoms with E-state index in [2.05, 4.69) is 5.32 Å². The van der Waals surface area contributed by atoms with Crippen molar-refractivity contribution in [2.45, 2.75) is 43.2 Å². The van der Waals surface area contributed by atoms with Crippen LogP contribution in [0.5, 0.6) is 0 Å². The summed E-state index contributed by atoms with van der Waals surface area (Å²) in [6, 6.07) is 15.2. The molecule has 1 aliphatic rings. The van der Waals surface area contributed by atoms with E-state index in [1.807, 2.05) is 0 Å². The van der Waals surface area contributed by atoms with Crippen LogP contribution in [0.2, 0.25) is 0 Å². The van der Waals surface area contributed by atoms with Gasteiger partial charge in [0.25, 0.3) is 5.91 Å². The molecule has 0 radical (unpaired) electrons. The summed E-state index contributed by atoms with van der Waals surface area (Å²) >= 11 is 0. The van der Waals surface area contributed by atoms with Crippen LogP contribution in [0, 0.1) is 11.3 Å². The third-order valence-electron chi connectivity index (χ3n) is 6.50. The topological polar surface area (TPSA) is 138 Å². The number of sulfone groups is 1. The Bertz CT molecular complexity index is 1290. The van der Waals surface area contributed by atoms with Crippen molar-refractivity contribution in [2.75, 3.05) is 12.3 Å². The van der Waals surface area contributed by atoms with E-state index < -0.39 is 9.84 Å². The van der Waals surface area contributed by atoms with Gasteiger partial charge in [0.05, 0.1) is 16.8 Å². The van der Waals surface area contributed by atoms with Gasteiger partial charge >= 0.3 is 0 Å². The molecule has 0 bridgehead atoms. The minimum atomic E-state index is -3.55. The highest BCUT2D eigenvalue weighted by atomic mass is 32.2. The van der Waals surface area contributed by atoms with E-state index in [1.54, 1.807) is 59.2 Å². The van der Waals surface area contributed by atoms with Gasteiger partial charge < -0.3 is 20.7 Å². The number of hydrogen-bond donors (Lipinski definition) is 4. The number of carbonyl (C=O) groups excluding carboxylic acids is 1. The number of nitrogens with two attached hydrogens (primary N) is 1. The largest absolute Gasteiger partial charge is 0.393 e. The van der Waals surface area contributed by atoms with Gasteiger partial charge in [-0.05, 0) is 55.9 Å². The van der Waals surface area contributed by atoms with E-state index in [9.17, 15) is 18.3 Å². The summed E-state index contributed by atoms with van der Waals surface area (Å²) in [4.78, 5) is 13.4. The molecule has 0 unspecified atom stereocenters. The second-order valence-electron chi connectivity index (χ2n) is 8.88. The molecule has 1 aliphatic carbocycles. The van der Waals surface area contributed by atoms with Crippen LogP contribution in [-0.4, -0.2) is 48.2 Å². The Morgan fingerprint density at radius 2 is 1.79 bits per heavy atom. The number of aromatic nitrogens is 1. The number of amides is 1. The molecule has 1 amide bonds. The minimum absolute atomic E-state index is 0.0838. The molecule has 8 nitrogen and oxygen atoms in total. The van der Waals surface area contributed by atoms with Crippen LogP contribution in [-0.2, 0) is 16.4 Å². The van der Waals surface area contributed by atoms with Crippen LogP contribution in [0.25, 0.3) is 10.9 Å². The first-order valence-electron chi connectivity index (χ1n) is 11.5. The Morgan fingerprint density at radius 1 is 1.09 bits per heavy atom. The van der Waals surface area contributed by atoms with Crippen LogP contribution < -0.4 is 11.1 Å². The quantitative estimate of drug-likeness (QED) is 0.289. The highest BCUT2D eigenvalue weighted by Crippen LogP contribution is 2.25. The lowest BCUT2D eigenvalue weighted by molar-refractivity contribution is 0.0902. The molecule has 0 spiro atoms. The number of nitrogens with one attached hydrogen (secondary N) is 2. The predicted octanol–water partition coefficient (Wildman–Crippen LogP) is 2.68. The number of hydrogen-bond acceptors (Lipinski definition) is 5. The van der Waals surface area contributed by atoms with Crippen molar-refractivity contribution in [3.05, 3.63) is 65.9 Å². The molecule has 3 aromatic rings. The molecule has 5 N–H and O–H groups in total. The molecule has 180 valence electrons. The molecule has 4 rings (SSSR count). The van der Waals surface area contributed by atoms with Gasteiger partial charge in [0, 0.05) is 29.6 Å². The van der Waals surface area contributed by atoms with Gasteiger partial charge in [-0.15, -0.1) is 0 Å². The van der Waals surface area contributed by atoms with Crippen molar-refractivity contribution in [1.29, 1.82) is 5.41 Å². The molecule has 0 aliphatic heterocycles. The van der Waals surface area contributed by atoms with Crippen molar-refractivity contribution in [3.63, 3.8) is 0 Å². The van der Waals surface area contributed by atoms with Gasteiger partial charge in [-0.25, -0.2) is 8.42 Å². The summed E-state index contributed by atoms with van der Waals surface area (Å²) in [5, 5.41) is 21.2. The summed E-state index contributed by atoms with van der Waals surface area (Å²) < 4.78 is 27.5. The fourth-order valence-corrected chi connectivity index (χ4v) is 5.72. The second kappa shape index (κ2) is 9.99. The Hall–Kier alpha value is -3.17. The number of nitrogen functional groups attached to an aromatic ring is 1. The molecule has 1 saturated carbocycles. The molecular weight excluding hydrogens is 452 g/mol. The number of aliphatic hydroxyl groups is 1. The molecule has 1 heterocycles. The standard InChI is InChI=1S/C25H30N4O4S/c26-24(27)19-9-8-18-14-23(25(31)28-16-17-6-10-20(30)11-7-17)29(22(18)15-19)12-13-34(32,33)21-4-2-1-3-5-21/h1-5,8-9,14-15,17,20,30H,6-7,10-13,16H2,(H3,26,27)(H,28,31). The maximum absolute atomic E-state index is 13.2. The summed E-state index contributed by atoms with van der Waals surface area (Å²) in [6.07, 6.45) is 2.96. The van der Waals surface area contributed by atoms with Crippen molar-refractivity contribution < 1.29 is 18.3 Å². The number of benzene rings is 2. The number of aliphatic hydroxyl groups excluding tert-OH is 1. The summed E-state index contributed by atoms with van der Waals surface area (Å²) in [5.74, 6) is -0.236. The van der Waals surface area contributed by atoms with Crippen molar-refractivity contribution in [1.82, 2.24) is 9.88 Å². The number of carbonyl (C=O) groups is 1. The van der Waals surface area contributed by atoms with E-state index >= 15 is 0 Å². The van der Waals surface area contributed by atoms with E-state index in [-0.39, 0.29) is 35.0 Å². The van der Waals surface area contributed by atoms with Gasteiger partial charge in [-0.2, -0.15) is 0 Å². The maximum Gasteiger partial charge on any atom is 0.267 e. The molecule has 1 fully saturated rings. The first-order valence-corrected chi connectivity index (χ1v) is 13.1. The van der Waals surface area contributed by atoms with Crippen LogP contribution in [0.4, 0.5) is 0 Å². The van der Waals surface area contributed by atoms with E-state index in [1.165, 1.54) is 0 Å². The predicted molar refractivity (Wildman–Crippen MR) is 132 cm³/mol. The average Bonchev–Trinajstić information content (AvgIpc) is 3.20. The smallest absolute Gasteiger partial charge is 0.267 e. The molecule has 0 saturated heterocycles. The SMILES string of the molecule is N=C(N)c1ccc2cc(C(=O)NCC3CCC(O)CC3)n(CCS(=O)(=O)c3ccccc3)c2c1. The molecule has 2 aromatic carbocycles. The Balaban J connectivity index is 1.61. The van der Waals surface area contributed by atoms with Crippen molar-refractivity contribution >= 4 is 32.5 Å². The summed E-state index contributed by atoms with van der Waals surface area (Å²) in [6.45, 7) is 0.592. The Kier molecular flexibility index (Phi) is 7.04. The lowest BCUT2D eigenvalue weighted by Gasteiger charge is -2.25. The molecule has 9 heteroatoms. The molecule has 0 atom stereocenters. The summed E-state index contributed by atoms with van der Waals surface area (Å²) in [7, 11) is -3.55. The fourth-order valence-electron chi connectivity index (χ4n) is 4.48. The Morgan fingerprint density at radius 3 is 2.47 bits per heavy atom. The number of nitrogens with zero attached hydrogens (tertiary/aromatic N) is 1. The normalized spacial score (nSPS) is 18.6. The van der Waals surface area contributed by atoms with Gasteiger partial charge in [0.2, 0.25) is 0 Å². The fraction of sp³-hybridized carbons (Fsp3) is 0.360. The van der Waals surface area contributed by atoms with Gasteiger partial charge in [0.1, 0.15) is 11.5 Å². The van der Waals surface area contributed by atoms with Crippen LogP contribution in [0.1, 0.15) is 41.7 Å². The van der Waals surface area contributed by atoms with Crippen molar-refractivity contribution in [2.24, 2.45) is 11.7 Å². The molecular formula is C25H30N4O4S. The second-order valence-corrected chi connectivity index (χ2v) is 11.0. The number of amidine groups is 1. The number of fused-ring (bicyclic) bond motifs is 1. The summed E-state index contributed by atoms with van der Waals surface area (Å²) in [5.41, 5.74) is 7.19. The highest BCUT2D eigenvalue weighted by molar-refractivity contribution is 7.91. The van der Waals surface area contributed by atoms with E-state index in [0.29, 0.717) is 29.2 Å². The van der Waals surface area contributed by atoms with Gasteiger partial charge in [-0.1, -0.05) is 30.3 Å². The zero-order valence-corrected chi connectivity index (χ0v) is 19.7. The van der Waals surface area contributed by atoms with Crippen molar-refractivity contribution in [3.8, 4) is 0 Å². The third-order valence-corrected chi connectivity index (χ3v) is 8.21. The lowest BCUT2D eigenvalue weighted by Crippen LogP contribution is -2.33. The first-order chi connectivity index (χ1) is 16.2. The maximum atomic E-state index is 13.2. The number of aryl methyl sites for hydroxylation is 1. The molecule has 1 aromatic heterocycles. The third kappa shape index (κ3) is 5.31. The zero-order valence-electron chi connectivity index (χ0n) is 18.9. The Labute approximate surface area is 199 Å². The lowest BCUT2D eigenvalue weighted by atomic mass is 9.87. The first kappa shape index (κ1) is 24.0. The van der Waals surface area contributed by atoms with Crippen LogP contribution in [0.3, 0.4) is 0 Å². The zero-order chi connectivity index (χ0) is 24.3. The van der Waals surface area contributed by atoms with E-state index in [0.717, 1.165) is 31.1 Å². The molecule has 34 heavy (non-hydrogen) atoms. The van der Waals surface area contributed by atoms with Crippen LogP contribution in [0.15, 0.2) is 59.5 Å². The van der Waals surface area contributed by atoms with Crippen LogP contribution >= 0.6 is 0 Å². The highest BCUT2D eigenvalue weighted by Gasteiger charge is 2.23. The minimum Gasteiger partial charge on any atom is -0.393 e. The number of rotatable bonds is 8. The van der Waals surface area contributed by atoms with Gasteiger partial charge in [-0.3, -0.25) is 10.2 Å². The van der Waals surface area contributed by atoms with Gasteiger partial charge in [0.15, 0.2) is 9.84 Å². The monoisotopic (exact) mass is 482 g/mol.